The van der Waals surface area contributed by atoms with E-state index in [1.54, 1.807) is 11.3 Å². The summed E-state index contributed by atoms with van der Waals surface area (Å²) in [6, 6.07) is 7.38. The van der Waals surface area contributed by atoms with Crippen molar-refractivity contribution in [2.24, 2.45) is 0 Å². The fourth-order valence-corrected chi connectivity index (χ4v) is 4.75. The highest BCUT2D eigenvalue weighted by atomic mass is 32.1. The zero-order valence-electron chi connectivity index (χ0n) is 12.9. The summed E-state index contributed by atoms with van der Waals surface area (Å²) in [4.78, 5) is 14.7. The highest BCUT2D eigenvalue weighted by molar-refractivity contribution is 7.17. The van der Waals surface area contributed by atoms with Gasteiger partial charge in [-0.25, -0.2) is 0 Å². The van der Waals surface area contributed by atoms with Crippen LogP contribution in [-0.4, -0.2) is 38.1 Å². The van der Waals surface area contributed by atoms with Crippen LogP contribution in [0.25, 0.3) is 10.1 Å². The zero-order valence-corrected chi connectivity index (χ0v) is 13.7. The molecule has 4 nitrogen and oxygen atoms in total. The van der Waals surface area contributed by atoms with Crippen LogP contribution < -0.4 is 15.5 Å². The quantitative estimate of drug-likeness (QED) is 0.915. The second-order valence-corrected chi connectivity index (χ2v) is 7.50. The number of hydrogen-bond donors (Lipinski definition) is 2. The molecule has 2 aliphatic heterocycles. The standard InChI is InChI=1S/C17H21N3OS/c1-20(2)15-9-22-16-6-3-10(7-12(15)16)17(21)19-14-8-11-4-5-13(14)18-11/h3,6-7,9,11,13-14,18H,4-5,8H2,1-2H3,(H,19,21)/t11-,13+,14-/m1/s1. The molecule has 4 rings (SSSR count). The van der Waals surface area contributed by atoms with E-state index in [1.807, 2.05) is 26.2 Å². The van der Waals surface area contributed by atoms with Crippen molar-refractivity contribution in [3.63, 3.8) is 0 Å². The van der Waals surface area contributed by atoms with E-state index in [-0.39, 0.29) is 11.9 Å². The van der Waals surface area contributed by atoms with Crippen molar-refractivity contribution in [3.8, 4) is 0 Å². The van der Waals surface area contributed by atoms with Gasteiger partial charge in [-0.15, -0.1) is 11.3 Å². The fourth-order valence-electron chi connectivity index (χ4n) is 3.74. The average molecular weight is 315 g/mol. The third-order valence-electron chi connectivity index (χ3n) is 4.91. The topological polar surface area (TPSA) is 44.4 Å². The molecule has 22 heavy (non-hydrogen) atoms. The molecule has 0 spiro atoms. The van der Waals surface area contributed by atoms with E-state index in [4.69, 9.17) is 0 Å². The number of anilines is 1. The molecule has 2 aromatic rings. The maximum atomic E-state index is 12.6. The minimum atomic E-state index is 0.0529. The first kappa shape index (κ1) is 14.0. The highest BCUT2D eigenvalue weighted by Gasteiger charge is 2.39. The summed E-state index contributed by atoms with van der Waals surface area (Å²) in [5, 5.41) is 10.1. The van der Waals surface area contributed by atoms with Crippen LogP contribution >= 0.6 is 11.3 Å². The van der Waals surface area contributed by atoms with Crippen LogP contribution in [0.15, 0.2) is 23.6 Å². The number of carbonyl (C=O) groups is 1. The Morgan fingerprint density at radius 3 is 2.91 bits per heavy atom. The number of fused-ring (bicyclic) bond motifs is 3. The summed E-state index contributed by atoms with van der Waals surface area (Å²) in [6.07, 6.45) is 3.51. The molecular weight excluding hydrogens is 294 g/mol. The lowest BCUT2D eigenvalue weighted by atomic mass is 9.95. The normalized spacial score (nSPS) is 26.5. The van der Waals surface area contributed by atoms with Gasteiger partial charge in [-0.2, -0.15) is 0 Å². The van der Waals surface area contributed by atoms with Crippen molar-refractivity contribution in [3.05, 3.63) is 29.1 Å². The SMILES string of the molecule is CN(C)c1csc2ccc(C(=O)N[C@@H]3C[C@H]4CC[C@@H]3N4)cc12. The summed E-state index contributed by atoms with van der Waals surface area (Å²) < 4.78 is 1.22. The summed E-state index contributed by atoms with van der Waals surface area (Å²) in [6.45, 7) is 0. The van der Waals surface area contributed by atoms with Crippen LogP contribution in [0.1, 0.15) is 29.6 Å². The van der Waals surface area contributed by atoms with Crippen LogP contribution in [0.3, 0.4) is 0 Å². The van der Waals surface area contributed by atoms with Crippen molar-refractivity contribution >= 4 is 33.0 Å². The summed E-state index contributed by atoms with van der Waals surface area (Å²) in [5.41, 5.74) is 1.94. The van der Waals surface area contributed by atoms with Gasteiger partial charge in [0.25, 0.3) is 5.91 Å². The largest absolute Gasteiger partial charge is 0.376 e. The predicted molar refractivity (Wildman–Crippen MR) is 92.0 cm³/mol. The van der Waals surface area contributed by atoms with Gasteiger partial charge >= 0.3 is 0 Å². The van der Waals surface area contributed by atoms with Gasteiger partial charge in [0.15, 0.2) is 0 Å². The Morgan fingerprint density at radius 1 is 1.36 bits per heavy atom. The Labute approximate surface area is 134 Å². The molecule has 2 N–H and O–H groups in total. The highest BCUT2D eigenvalue weighted by Crippen LogP contribution is 2.33. The minimum absolute atomic E-state index is 0.0529. The average Bonchev–Trinajstić information content (AvgIpc) is 3.20. The number of thiophene rings is 1. The van der Waals surface area contributed by atoms with E-state index in [1.165, 1.54) is 23.2 Å². The van der Waals surface area contributed by atoms with Crippen molar-refractivity contribution < 1.29 is 4.79 Å². The van der Waals surface area contributed by atoms with E-state index < -0.39 is 0 Å². The van der Waals surface area contributed by atoms with Gasteiger partial charge in [0.05, 0.1) is 5.69 Å². The van der Waals surface area contributed by atoms with Crippen LogP contribution in [0, 0.1) is 0 Å². The third kappa shape index (κ3) is 2.29. The number of amides is 1. The number of hydrogen-bond acceptors (Lipinski definition) is 4. The Bertz CT molecular complexity index is 724. The predicted octanol–water partition coefficient (Wildman–Crippen LogP) is 2.59. The van der Waals surface area contributed by atoms with Crippen LogP contribution in [0.4, 0.5) is 5.69 Å². The smallest absolute Gasteiger partial charge is 0.251 e. The number of benzene rings is 1. The molecule has 2 aliphatic rings. The van der Waals surface area contributed by atoms with Gasteiger partial charge in [0, 0.05) is 53.3 Å². The molecule has 3 heterocycles. The molecule has 2 bridgehead atoms. The van der Waals surface area contributed by atoms with E-state index in [2.05, 4.69) is 27.0 Å². The van der Waals surface area contributed by atoms with Gasteiger partial charge in [-0.3, -0.25) is 4.79 Å². The second kappa shape index (κ2) is 5.25. The molecule has 5 heteroatoms. The van der Waals surface area contributed by atoms with E-state index >= 15 is 0 Å². The summed E-state index contributed by atoms with van der Waals surface area (Å²) in [5.74, 6) is 0.0529. The minimum Gasteiger partial charge on any atom is -0.376 e. The molecule has 0 radical (unpaired) electrons. The van der Waals surface area contributed by atoms with Gasteiger partial charge < -0.3 is 15.5 Å². The molecule has 0 aliphatic carbocycles. The second-order valence-electron chi connectivity index (χ2n) is 6.59. The summed E-state index contributed by atoms with van der Waals surface area (Å²) >= 11 is 1.72. The zero-order chi connectivity index (χ0) is 15.3. The van der Waals surface area contributed by atoms with Crippen LogP contribution in [0.2, 0.25) is 0 Å². The fraction of sp³-hybridized carbons (Fsp3) is 0.471. The molecule has 116 valence electrons. The lowest BCUT2D eigenvalue weighted by molar-refractivity contribution is 0.0931. The van der Waals surface area contributed by atoms with Crippen molar-refractivity contribution in [2.45, 2.75) is 37.4 Å². The molecule has 1 amide bonds. The van der Waals surface area contributed by atoms with Crippen molar-refractivity contribution in [1.29, 1.82) is 0 Å². The summed E-state index contributed by atoms with van der Waals surface area (Å²) in [7, 11) is 4.07. The molecular formula is C17H21N3OS. The first-order valence-corrected chi connectivity index (χ1v) is 8.75. The Kier molecular flexibility index (Phi) is 3.35. The van der Waals surface area contributed by atoms with Crippen molar-refractivity contribution in [1.82, 2.24) is 10.6 Å². The van der Waals surface area contributed by atoms with Crippen LogP contribution in [-0.2, 0) is 0 Å². The number of nitrogens with one attached hydrogen (secondary N) is 2. The molecule has 1 aromatic heterocycles. The van der Waals surface area contributed by atoms with E-state index in [0.29, 0.717) is 12.1 Å². The lowest BCUT2D eigenvalue weighted by Crippen LogP contribution is -2.42. The monoisotopic (exact) mass is 315 g/mol. The van der Waals surface area contributed by atoms with Crippen LogP contribution in [0.5, 0.6) is 0 Å². The van der Waals surface area contributed by atoms with Gasteiger partial charge in [0.2, 0.25) is 0 Å². The maximum absolute atomic E-state index is 12.6. The number of rotatable bonds is 3. The number of carbonyl (C=O) groups excluding carboxylic acids is 1. The van der Waals surface area contributed by atoms with Gasteiger partial charge in [-0.05, 0) is 37.5 Å². The molecule has 2 saturated heterocycles. The van der Waals surface area contributed by atoms with Gasteiger partial charge in [-0.1, -0.05) is 0 Å². The van der Waals surface area contributed by atoms with E-state index in [9.17, 15) is 4.79 Å². The first-order chi connectivity index (χ1) is 10.6. The van der Waals surface area contributed by atoms with Gasteiger partial charge in [0.1, 0.15) is 0 Å². The molecule has 2 fully saturated rings. The number of nitrogens with zero attached hydrogens (tertiary/aromatic N) is 1. The maximum Gasteiger partial charge on any atom is 0.251 e. The molecule has 0 saturated carbocycles. The lowest BCUT2D eigenvalue weighted by Gasteiger charge is -2.21. The van der Waals surface area contributed by atoms with Crippen molar-refractivity contribution in [2.75, 3.05) is 19.0 Å². The molecule has 1 aromatic carbocycles. The molecule has 0 unspecified atom stereocenters. The first-order valence-electron chi connectivity index (χ1n) is 7.87. The Morgan fingerprint density at radius 2 is 2.23 bits per heavy atom. The Balaban J connectivity index is 1.57. The molecule has 3 atom stereocenters. The third-order valence-corrected chi connectivity index (χ3v) is 5.86. The Hall–Kier alpha value is -1.59. The van der Waals surface area contributed by atoms with E-state index in [0.717, 1.165) is 17.4 Å².